The molecular formula is C10H22N2O3P+. The van der Waals surface area contributed by atoms with Crippen LogP contribution in [-0.4, -0.2) is 43.3 Å². The van der Waals surface area contributed by atoms with Crippen LogP contribution in [0, 0.1) is 0 Å². The third kappa shape index (κ3) is 7.63. The van der Waals surface area contributed by atoms with Crippen LogP contribution < -0.4 is 0 Å². The predicted octanol–water partition coefficient (Wildman–Crippen LogP) is 2.40. The average molecular weight is 249 g/mol. The van der Waals surface area contributed by atoms with Gasteiger partial charge in [-0.25, -0.2) is 0 Å². The summed E-state index contributed by atoms with van der Waals surface area (Å²) in [4.78, 5) is 4.41. The van der Waals surface area contributed by atoms with Gasteiger partial charge in [-0.1, -0.05) is 0 Å². The van der Waals surface area contributed by atoms with Gasteiger partial charge < -0.3 is 9.80 Å². The molecule has 0 N–H and O–H groups in total. The molecule has 0 amide bonds. The molecule has 0 radical (unpaired) electrons. The molecule has 16 heavy (non-hydrogen) atoms. The Hall–Kier alpha value is -0.640. The normalized spacial score (nSPS) is 13.8. The number of hydrogen-bond donors (Lipinski definition) is 0. The molecule has 1 aliphatic heterocycles. The summed E-state index contributed by atoms with van der Waals surface area (Å²) in [5.74, 6) is 0. The maximum absolute atomic E-state index is 10.3. The Balaban J connectivity index is 0.000000281. The van der Waals surface area contributed by atoms with Crippen LogP contribution in [0.3, 0.4) is 0 Å². The molecule has 0 aliphatic carbocycles. The second kappa shape index (κ2) is 9.58. The van der Waals surface area contributed by atoms with Crippen LogP contribution in [0.25, 0.3) is 0 Å². The highest BCUT2D eigenvalue weighted by Gasteiger charge is 2.15. The molecule has 0 bridgehead atoms. The summed E-state index contributed by atoms with van der Waals surface area (Å²) in [6, 6.07) is 0. The van der Waals surface area contributed by atoms with Crippen molar-refractivity contribution in [2.75, 3.05) is 33.5 Å². The van der Waals surface area contributed by atoms with Crippen molar-refractivity contribution in [2.45, 2.75) is 20.8 Å². The van der Waals surface area contributed by atoms with Crippen molar-refractivity contribution in [1.82, 2.24) is 9.80 Å². The summed E-state index contributed by atoms with van der Waals surface area (Å²) in [6.45, 7) is 8.74. The molecule has 94 valence electrons. The van der Waals surface area contributed by atoms with Crippen molar-refractivity contribution < 1.29 is 13.6 Å². The number of nitrogens with zero attached hydrogens (tertiary/aromatic N) is 2. The second-order valence-corrected chi connectivity index (χ2v) is 4.12. The third-order valence-corrected chi connectivity index (χ3v) is 2.75. The first-order valence-electron chi connectivity index (χ1n) is 5.49. The van der Waals surface area contributed by atoms with Crippen molar-refractivity contribution in [1.29, 1.82) is 0 Å². The zero-order chi connectivity index (χ0) is 12.4. The highest BCUT2D eigenvalue weighted by Crippen LogP contribution is 2.21. The number of rotatable bonds is 5. The van der Waals surface area contributed by atoms with E-state index in [1.165, 1.54) is 0 Å². The van der Waals surface area contributed by atoms with Gasteiger partial charge in [-0.15, -0.1) is 9.05 Å². The molecule has 0 aromatic heterocycles. The first-order valence-corrected chi connectivity index (χ1v) is 6.59. The van der Waals surface area contributed by atoms with Gasteiger partial charge >= 0.3 is 8.25 Å². The maximum atomic E-state index is 10.3. The quantitative estimate of drug-likeness (QED) is 0.700. The van der Waals surface area contributed by atoms with E-state index in [4.69, 9.17) is 0 Å². The Labute approximate surface area is 99.0 Å². The van der Waals surface area contributed by atoms with Gasteiger partial charge in [0.2, 0.25) is 0 Å². The van der Waals surface area contributed by atoms with Gasteiger partial charge in [0, 0.05) is 30.6 Å². The second-order valence-electron chi connectivity index (χ2n) is 3.16. The molecule has 1 aliphatic rings. The van der Waals surface area contributed by atoms with Crippen molar-refractivity contribution in [2.24, 2.45) is 0 Å². The van der Waals surface area contributed by atoms with Gasteiger partial charge in [0.1, 0.15) is 13.2 Å². The molecule has 1 heterocycles. The van der Waals surface area contributed by atoms with E-state index in [0.717, 1.165) is 13.2 Å². The van der Waals surface area contributed by atoms with E-state index in [-0.39, 0.29) is 0 Å². The van der Waals surface area contributed by atoms with E-state index in [0.29, 0.717) is 13.2 Å². The van der Waals surface area contributed by atoms with E-state index in [9.17, 15) is 4.57 Å². The van der Waals surface area contributed by atoms with E-state index in [2.05, 4.69) is 45.2 Å². The zero-order valence-electron chi connectivity index (χ0n) is 10.5. The van der Waals surface area contributed by atoms with E-state index >= 15 is 0 Å². The summed E-state index contributed by atoms with van der Waals surface area (Å²) in [7, 11) is 0.245. The van der Waals surface area contributed by atoms with E-state index in [1.807, 2.05) is 0 Å². The molecule has 0 saturated carbocycles. The lowest BCUT2D eigenvalue weighted by Gasteiger charge is -2.14. The fourth-order valence-corrected chi connectivity index (χ4v) is 1.54. The van der Waals surface area contributed by atoms with Gasteiger partial charge in [-0.3, -0.25) is 0 Å². The Bertz CT molecular complexity index is 216. The molecule has 0 atom stereocenters. The van der Waals surface area contributed by atoms with E-state index < -0.39 is 8.25 Å². The van der Waals surface area contributed by atoms with Crippen LogP contribution in [0.5, 0.6) is 0 Å². The summed E-state index contributed by atoms with van der Waals surface area (Å²) >= 11 is 0. The third-order valence-electron chi connectivity index (χ3n) is 1.81. The van der Waals surface area contributed by atoms with Crippen LogP contribution in [-0.2, 0) is 13.6 Å². The van der Waals surface area contributed by atoms with Gasteiger partial charge in [0.25, 0.3) is 0 Å². The van der Waals surface area contributed by atoms with Crippen LogP contribution in [0.2, 0.25) is 0 Å². The standard InChI is InChI=1S/C6H12N2.C4H10O3P/c1-3-8-5-4-7(2)6-8;1-3-6-8(5)7-4-2/h4-5H,3,6H2,1-2H3;3-4H2,1-2H3/q;+1. The maximum Gasteiger partial charge on any atom is 0.697 e. The summed E-state index contributed by atoms with van der Waals surface area (Å²) in [5, 5.41) is 0. The highest BCUT2D eigenvalue weighted by atomic mass is 31.1. The average Bonchev–Trinajstić information content (AvgIpc) is 2.66. The fraction of sp³-hybridized carbons (Fsp3) is 0.800. The van der Waals surface area contributed by atoms with Gasteiger partial charge in [-0.2, -0.15) is 0 Å². The lowest BCUT2D eigenvalue weighted by Crippen LogP contribution is -2.21. The largest absolute Gasteiger partial charge is 0.697 e. The van der Waals surface area contributed by atoms with Gasteiger partial charge in [0.05, 0.1) is 6.67 Å². The molecule has 6 heteroatoms. The van der Waals surface area contributed by atoms with Crippen molar-refractivity contribution >= 4 is 8.25 Å². The molecular weight excluding hydrogens is 227 g/mol. The minimum Gasteiger partial charge on any atom is -0.362 e. The molecule has 0 aromatic carbocycles. The van der Waals surface area contributed by atoms with Gasteiger partial charge in [-0.05, 0) is 20.8 Å². The minimum absolute atomic E-state index is 0.440. The summed E-state index contributed by atoms with van der Waals surface area (Å²) in [6.07, 6.45) is 4.20. The molecule has 0 aromatic rings. The Morgan fingerprint density at radius 1 is 1.19 bits per heavy atom. The predicted molar refractivity (Wildman–Crippen MR) is 65.0 cm³/mol. The summed E-state index contributed by atoms with van der Waals surface area (Å²) < 4.78 is 19.5. The first-order chi connectivity index (χ1) is 7.63. The van der Waals surface area contributed by atoms with Crippen LogP contribution in [0.15, 0.2) is 12.4 Å². The molecule has 0 saturated heterocycles. The van der Waals surface area contributed by atoms with Crippen molar-refractivity contribution in [3.05, 3.63) is 12.4 Å². The smallest absolute Gasteiger partial charge is 0.362 e. The molecule has 0 spiro atoms. The van der Waals surface area contributed by atoms with Gasteiger partial charge in [0.15, 0.2) is 0 Å². The molecule has 1 rings (SSSR count). The zero-order valence-corrected chi connectivity index (χ0v) is 11.4. The topological polar surface area (TPSA) is 42.0 Å². The Morgan fingerprint density at radius 2 is 1.75 bits per heavy atom. The van der Waals surface area contributed by atoms with Crippen LogP contribution in [0.1, 0.15) is 20.8 Å². The first kappa shape index (κ1) is 15.4. The Kier molecular flexibility index (Phi) is 9.19. The lowest BCUT2D eigenvalue weighted by atomic mass is 10.6. The minimum atomic E-state index is -1.83. The van der Waals surface area contributed by atoms with Crippen LogP contribution >= 0.6 is 8.25 Å². The SMILES string of the molecule is CCN1C=CN(C)C1.CCO[P+](=O)OCC. The summed E-state index contributed by atoms with van der Waals surface area (Å²) in [5.41, 5.74) is 0. The molecule has 0 unspecified atom stereocenters. The Morgan fingerprint density at radius 3 is 2.00 bits per heavy atom. The van der Waals surface area contributed by atoms with E-state index in [1.54, 1.807) is 13.8 Å². The lowest BCUT2D eigenvalue weighted by molar-refractivity contribution is 0.243. The molecule has 5 nitrogen and oxygen atoms in total. The monoisotopic (exact) mass is 249 g/mol. The number of hydrogen-bond acceptors (Lipinski definition) is 5. The van der Waals surface area contributed by atoms with Crippen LogP contribution in [0.4, 0.5) is 0 Å². The van der Waals surface area contributed by atoms with Crippen molar-refractivity contribution in [3.63, 3.8) is 0 Å². The highest BCUT2D eigenvalue weighted by molar-refractivity contribution is 7.33. The molecule has 0 fully saturated rings. The van der Waals surface area contributed by atoms with Crippen molar-refractivity contribution in [3.8, 4) is 0 Å². The fourth-order valence-electron chi connectivity index (χ4n) is 1.04.